The number of unbranched alkanes of at least 4 members (excludes halogenated alkanes) is 1. The summed E-state index contributed by atoms with van der Waals surface area (Å²) in [6.45, 7) is 5.17. The zero-order chi connectivity index (χ0) is 14.6. The van der Waals surface area contributed by atoms with Crippen LogP contribution >= 0.6 is 0 Å². The number of benzene rings is 1. The number of aryl methyl sites for hydroxylation is 1. The second-order valence-electron chi connectivity index (χ2n) is 6.20. The van der Waals surface area contributed by atoms with Crippen LogP contribution in [0.5, 0.6) is 0 Å². The minimum atomic E-state index is -0.675. The van der Waals surface area contributed by atoms with Gasteiger partial charge in [-0.2, -0.15) is 5.26 Å². The van der Waals surface area contributed by atoms with Gasteiger partial charge in [-0.3, -0.25) is 0 Å². The van der Waals surface area contributed by atoms with Crippen LogP contribution in [0.1, 0.15) is 45.1 Å². The maximum Gasteiger partial charge on any atom is 0.101 e. The van der Waals surface area contributed by atoms with Crippen LogP contribution in [-0.2, 0) is 6.42 Å². The molecule has 1 aromatic carbocycles. The predicted molar refractivity (Wildman–Crippen MR) is 83.6 cm³/mol. The Labute approximate surface area is 122 Å². The number of nitrogens with two attached hydrogens (primary N) is 1. The number of nitriles is 1. The van der Waals surface area contributed by atoms with Crippen LogP contribution in [0.3, 0.4) is 0 Å². The van der Waals surface area contributed by atoms with Gasteiger partial charge in [-0.05, 0) is 57.6 Å². The molecule has 2 atom stereocenters. The van der Waals surface area contributed by atoms with Gasteiger partial charge >= 0.3 is 0 Å². The molecule has 0 aromatic heterocycles. The Morgan fingerprint density at radius 1 is 1.40 bits per heavy atom. The minimum Gasteiger partial charge on any atom is -0.369 e. The van der Waals surface area contributed by atoms with Gasteiger partial charge in [0.05, 0.1) is 6.07 Å². The van der Waals surface area contributed by atoms with Crippen molar-refractivity contribution in [2.24, 2.45) is 5.73 Å². The lowest BCUT2D eigenvalue weighted by atomic mass is 9.95. The van der Waals surface area contributed by atoms with Crippen molar-refractivity contribution in [1.82, 2.24) is 0 Å². The highest BCUT2D eigenvalue weighted by Crippen LogP contribution is 2.30. The summed E-state index contributed by atoms with van der Waals surface area (Å²) in [4.78, 5) is 2.51. The van der Waals surface area contributed by atoms with E-state index in [1.807, 2.05) is 6.92 Å². The molecule has 20 heavy (non-hydrogen) atoms. The quantitative estimate of drug-likeness (QED) is 0.836. The summed E-state index contributed by atoms with van der Waals surface area (Å²) in [5, 5.41) is 8.93. The SMILES string of the molecule is CC1CCc2ccccc2N1CCCCC(C)(N)C#N. The van der Waals surface area contributed by atoms with E-state index in [-0.39, 0.29) is 0 Å². The summed E-state index contributed by atoms with van der Waals surface area (Å²) in [5.74, 6) is 0. The van der Waals surface area contributed by atoms with Crippen molar-refractivity contribution >= 4 is 5.69 Å². The first kappa shape index (κ1) is 14.9. The average molecular weight is 271 g/mol. The lowest BCUT2D eigenvalue weighted by Crippen LogP contribution is -2.38. The van der Waals surface area contributed by atoms with Crippen molar-refractivity contribution in [3.63, 3.8) is 0 Å². The summed E-state index contributed by atoms with van der Waals surface area (Å²) in [7, 11) is 0. The second-order valence-corrected chi connectivity index (χ2v) is 6.20. The van der Waals surface area contributed by atoms with E-state index < -0.39 is 5.54 Å². The van der Waals surface area contributed by atoms with Gasteiger partial charge in [0.2, 0.25) is 0 Å². The standard InChI is InChI=1S/C17H25N3/c1-14-9-10-15-7-3-4-8-16(15)20(14)12-6-5-11-17(2,19)13-18/h3-4,7-8,14H,5-6,9-12,19H2,1-2H3. The fourth-order valence-electron chi connectivity index (χ4n) is 2.93. The number of rotatable bonds is 5. The number of anilines is 1. The molecule has 0 aliphatic carbocycles. The third kappa shape index (κ3) is 3.52. The van der Waals surface area contributed by atoms with Crippen molar-refractivity contribution in [3.8, 4) is 6.07 Å². The van der Waals surface area contributed by atoms with Crippen LogP contribution in [0.15, 0.2) is 24.3 Å². The Balaban J connectivity index is 1.91. The van der Waals surface area contributed by atoms with Crippen molar-refractivity contribution in [3.05, 3.63) is 29.8 Å². The molecule has 2 rings (SSSR count). The van der Waals surface area contributed by atoms with E-state index in [0.717, 1.165) is 25.8 Å². The Bertz CT molecular complexity index is 487. The fourth-order valence-corrected chi connectivity index (χ4v) is 2.93. The number of hydrogen-bond donors (Lipinski definition) is 1. The van der Waals surface area contributed by atoms with E-state index >= 15 is 0 Å². The average Bonchev–Trinajstić information content (AvgIpc) is 2.45. The maximum atomic E-state index is 8.93. The molecular weight excluding hydrogens is 246 g/mol. The molecule has 2 unspecified atom stereocenters. The zero-order valence-electron chi connectivity index (χ0n) is 12.6. The molecule has 2 N–H and O–H groups in total. The van der Waals surface area contributed by atoms with E-state index in [0.29, 0.717) is 6.04 Å². The normalized spacial score (nSPS) is 20.9. The molecule has 1 aromatic rings. The first-order valence-corrected chi connectivity index (χ1v) is 7.58. The summed E-state index contributed by atoms with van der Waals surface area (Å²) in [5.41, 5.74) is 8.04. The van der Waals surface area contributed by atoms with Crippen LogP contribution < -0.4 is 10.6 Å². The molecule has 1 aliphatic heterocycles. The molecule has 0 saturated carbocycles. The number of hydrogen-bond acceptors (Lipinski definition) is 3. The van der Waals surface area contributed by atoms with E-state index in [4.69, 9.17) is 11.0 Å². The summed E-state index contributed by atoms with van der Waals surface area (Å²) in [6, 6.07) is 11.5. The van der Waals surface area contributed by atoms with Crippen molar-refractivity contribution in [1.29, 1.82) is 5.26 Å². The van der Waals surface area contributed by atoms with Crippen molar-refractivity contribution < 1.29 is 0 Å². The number of fused-ring (bicyclic) bond motifs is 1. The number of nitrogens with zero attached hydrogens (tertiary/aromatic N) is 2. The molecule has 108 valence electrons. The van der Waals surface area contributed by atoms with E-state index in [1.54, 1.807) is 0 Å². The fraction of sp³-hybridized carbons (Fsp3) is 0.588. The van der Waals surface area contributed by atoms with E-state index in [9.17, 15) is 0 Å². The largest absolute Gasteiger partial charge is 0.369 e. The molecule has 0 bridgehead atoms. The summed E-state index contributed by atoms with van der Waals surface area (Å²) >= 11 is 0. The molecule has 0 spiro atoms. The van der Waals surface area contributed by atoms with Gasteiger partial charge in [-0.1, -0.05) is 18.2 Å². The molecule has 3 nitrogen and oxygen atoms in total. The smallest absolute Gasteiger partial charge is 0.101 e. The van der Waals surface area contributed by atoms with Gasteiger partial charge < -0.3 is 10.6 Å². The summed E-state index contributed by atoms with van der Waals surface area (Å²) < 4.78 is 0. The highest BCUT2D eigenvalue weighted by molar-refractivity contribution is 5.56. The van der Waals surface area contributed by atoms with E-state index in [2.05, 4.69) is 42.2 Å². The van der Waals surface area contributed by atoms with Gasteiger partial charge in [0.1, 0.15) is 5.54 Å². The molecular formula is C17H25N3. The predicted octanol–water partition coefficient (Wildman–Crippen LogP) is 3.24. The minimum absolute atomic E-state index is 0.602. The monoisotopic (exact) mass is 271 g/mol. The summed E-state index contributed by atoms with van der Waals surface area (Å²) in [6.07, 6.45) is 5.28. The first-order valence-electron chi connectivity index (χ1n) is 7.58. The second kappa shape index (κ2) is 6.28. The topological polar surface area (TPSA) is 53.0 Å². The lowest BCUT2D eigenvalue weighted by molar-refractivity contribution is 0.490. The van der Waals surface area contributed by atoms with Gasteiger partial charge in [0.15, 0.2) is 0 Å². The van der Waals surface area contributed by atoms with Crippen molar-refractivity contribution in [2.45, 2.75) is 57.5 Å². The Morgan fingerprint density at radius 2 is 2.15 bits per heavy atom. The third-order valence-electron chi connectivity index (χ3n) is 4.27. The first-order chi connectivity index (χ1) is 9.53. The Morgan fingerprint density at radius 3 is 2.90 bits per heavy atom. The molecule has 3 heteroatoms. The third-order valence-corrected chi connectivity index (χ3v) is 4.27. The van der Waals surface area contributed by atoms with Gasteiger partial charge in [-0.15, -0.1) is 0 Å². The molecule has 1 heterocycles. The van der Waals surface area contributed by atoms with Crippen LogP contribution in [0.2, 0.25) is 0 Å². The lowest BCUT2D eigenvalue weighted by Gasteiger charge is -2.37. The van der Waals surface area contributed by atoms with Crippen LogP contribution in [-0.4, -0.2) is 18.1 Å². The molecule has 0 radical (unpaired) electrons. The van der Waals surface area contributed by atoms with Crippen LogP contribution in [0, 0.1) is 11.3 Å². The molecule has 0 amide bonds. The highest BCUT2D eigenvalue weighted by atomic mass is 15.2. The Kier molecular flexibility index (Phi) is 4.67. The number of para-hydroxylation sites is 1. The van der Waals surface area contributed by atoms with Gasteiger partial charge in [-0.25, -0.2) is 0 Å². The van der Waals surface area contributed by atoms with Gasteiger partial charge in [0, 0.05) is 18.3 Å². The maximum absolute atomic E-state index is 8.93. The zero-order valence-corrected chi connectivity index (χ0v) is 12.6. The van der Waals surface area contributed by atoms with Crippen molar-refractivity contribution in [2.75, 3.05) is 11.4 Å². The molecule has 0 fully saturated rings. The molecule has 0 saturated heterocycles. The molecule has 1 aliphatic rings. The highest BCUT2D eigenvalue weighted by Gasteiger charge is 2.22. The van der Waals surface area contributed by atoms with Crippen LogP contribution in [0.25, 0.3) is 0 Å². The van der Waals surface area contributed by atoms with E-state index in [1.165, 1.54) is 24.1 Å². The Hall–Kier alpha value is -1.53. The van der Waals surface area contributed by atoms with Crippen LogP contribution in [0.4, 0.5) is 5.69 Å². The van der Waals surface area contributed by atoms with Gasteiger partial charge in [0.25, 0.3) is 0 Å².